The van der Waals surface area contributed by atoms with Crippen LogP contribution in [0, 0.1) is 0 Å². The molecule has 0 amide bonds. The first kappa shape index (κ1) is 45.9. The van der Waals surface area contributed by atoms with Crippen molar-refractivity contribution in [3.05, 3.63) is 0 Å². The van der Waals surface area contributed by atoms with E-state index in [0.29, 0.717) is 12.8 Å². The molecule has 49 heavy (non-hydrogen) atoms. The van der Waals surface area contributed by atoms with Crippen LogP contribution in [0.4, 0.5) is 0 Å². The van der Waals surface area contributed by atoms with Gasteiger partial charge in [0.05, 0.1) is 13.2 Å². The number of hydrogen-bond acceptors (Lipinski definition) is 6. The van der Waals surface area contributed by atoms with Crippen LogP contribution in [0.25, 0.3) is 0 Å². The van der Waals surface area contributed by atoms with Gasteiger partial charge in [0.2, 0.25) is 0 Å². The van der Waals surface area contributed by atoms with E-state index < -0.39 is 29.9 Å². The van der Waals surface area contributed by atoms with Gasteiger partial charge in [-0.3, -0.25) is 0 Å². The molecular weight excluding hydrogens is 612 g/mol. The molecule has 0 N–H and O–H groups in total. The number of carbonyl (C=O) groups is 2. The van der Waals surface area contributed by atoms with E-state index in [2.05, 4.69) is 13.8 Å². The van der Waals surface area contributed by atoms with Gasteiger partial charge < -0.3 is 18.9 Å². The van der Waals surface area contributed by atoms with Crippen molar-refractivity contribution >= 4 is 11.9 Å². The second-order valence-electron chi connectivity index (χ2n) is 14.9. The summed E-state index contributed by atoms with van der Waals surface area (Å²) in [6.45, 7) is 8.57. The Morgan fingerprint density at radius 1 is 0.388 bits per heavy atom. The van der Waals surface area contributed by atoms with Crippen molar-refractivity contribution in [1.29, 1.82) is 0 Å². The fourth-order valence-corrected chi connectivity index (χ4v) is 7.30. The average molecular weight is 695 g/mol. The molecule has 1 heterocycles. The largest absolute Gasteiger partial charge is 0.464 e. The van der Waals surface area contributed by atoms with Crippen molar-refractivity contribution in [2.75, 3.05) is 13.2 Å². The first-order valence-electron chi connectivity index (χ1n) is 21.7. The lowest BCUT2D eigenvalue weighted by atomic mass is 9.98. The highest BCUT2D eigenvalue weighted by Crippen LogP contribution is 2.39. The van der Waals surface area contributed by atoms with E-state index in [4.69, 9.17) is 18.9 Å². The Morgan fingerprint density at radius 3 is 0.837 bits per heavy atom. The smallest absolute Gasteiger partial charge is 0.338 e. The fourth-order valence-electron chi connectivity index (χ4n) is 7.30. The van der Waals surface area contributed by atoms with Gasteiger partial charge in [-0.25, -0.2) is 9.59 Å². The molecule has 1 rings (SSSR count). The Kier molecular flexibility index (Phi) is 30.7. The lowest BCUT2D eigenvalue weighted by molar-refractivity contribution is -0.197. The lowest BCUT2D eigenvalue weighted by Gasteiger charge is -2.28. The van der Waals surface area contributed by atoms with Gasteiger partial charge in [-0.2, -0.15) is 0 Å². The lowest BCUT2D eigenvalue weighted by Crippen LogP contribution is -2.39. The van der Waals surface area contributed by atoms with Gasteiger partial charge in [0, 0.05) is 12.8 Å². The molecule has 1 fully saturated rings. The molecule has 0 saturated carbocycles. The van der Waals surface area contributed by atoms with Crippen LogP contribution in [0.5, 0.6) is 0 Å². The first-order valence-corrected chi connectivity index (χ1v) is 21.7. The summed E-state index contributed by atoms with van der Waals surface area (Å²) in [6.07, 6.45) is 38.6. The Hall–Kier alpha value is -1.14. The predicted octanol–water partition coefficient (Wildman–Crippen LogP) is 13.1. The molecule has 0 aromatic carbocycles. The van der Waals surface area contributed by atoms with Crippen LogP contribution in [0.1, 0.15) is 233 Å². The molecule has 1 aliphatic rings. The molecule has 2 atom stereocenters. The Morgan fingerprint density at radius 2 is 0.612 bits per heavy atom. The average Bonchev–Trinajstić information content (AvgIpc) is 3.48. The van der Waals surface area contributed by atoms with Gasteiger partial charge in [-0.15, -0.1) is 0 Å². The van der Waals surface area contributed by atoms with Gasteiger partial charge in [0.15, 0.2) is 18.0 Å². The first-order chi connectivity index (χ1) is 24.0. The molecular formula is C43H82O6. The van der Waals surface area contributed by atoms with E-state index in [1.807, 2.05) is 0 Å². The SMILES string of the molecule is CCCCCCCCCCCCCCCCCC1(CCCCCCCCCCCCCCCCC)OC(C(=O)OCC)C(C(=O)OCC)O1. The Bertz CT molecular complexity index is 693. The molecule has 0 bridgehead atoms. The number of rotatable bonds is 36. The van der Waals surface area contributed by atoms with Crippen molar-refractivity contribution in [3.63, 3.8) is 0 Å². The van der Waals surface area contributed by atoms with E-state index in [-0.39, 0.29) is 13.2 Å². The predicted molar refractivity (Wildman–Crippen MR) is 205 cm³/mol. The minimum absolute atomic E-state index is 0.235. The zero-order valence-electron chi connectivity index (χ0n) is 33.1. The molecule has 0 spiro atoms. The highest BCUT2D eigenvalue weighted by Gasteiger charge is 2.54. The number of hydrogen-bond donors (Lipinski definition) is 0. The number of carbonyl (C=O) groups excluding carboxylic acids is 2. The Labute approximate surface area is 304 Å². The van der Waals surface area contributed by atoms with Crippen molar-refractivity contribution < 1.29 is 28.5 Å². The second-order valence-corrected chi connectivity index (χ2v) is 14.9. The third-order valence-corrected chi connectivity index (χ3v) is 10.3. The zero-order valence-corrected chi connectivity index (χ0v) is 33.1. The quantitative estimate of drug-likeness (QED) is 0.0480. The van der Waals surface area contributed by atoms with Crippen molar-refractivity contribution in [2.45, 2.75) is 251 Å². The van der Waals surface area contributed by atoms with Crippen LogP contribution in [0.3, 0.4) is 0 Å². The Balaban J connectivity index is 2.40. The minimum atomic E-state index is -1.06. The van der Waals surface area contributed by atoms with Gasteiger partial charge in [0.25, 0.3) is 0 Å². The van der Waals surface area contributed by atoms with Crippen LogP contribution < -0.4 is 0 Å². The molecule has 6 heteroatoms. The normalized spacial score (nSPS) is 17.1. The zero-order chi connectivity index (χ0) is 35.7. The third kappa shape index (κ3) is 23.9. The summed E-state index contributed by atoms with van der Waals surface area (Å²) < 4.78 is 23.3. The molecule has 0 aromatic heterocycles. The van der Waals surface area contributed by atoms with E-state index >= 15 is 0 Å². The molecule has 0 radical (unpaired) electrons. The van der Waals surface area contributed by atoms with Crippen molar-refractivity contribution in [2.24, 2.45) is 0 Å². The third-order valence-electron chi connectivity index (χ3n) is 10.3. The molecule has 290 valence electrons. The van der Waals surface area contributed by atoms with Crippen LogP contribution in [0.15, 0.2) is 0 Å². The standard InChI is InChI=1S/C43H82O6/c1-5-9-11-13-15-17-19-21-23-25-27-29-31-33-35-37-43(48-39(41(44)46-7-3)40(49-43)42(45)47-8-4)38-36-34-32-30-28-26-24-22-20-18-16-14-12-10-6-2/h39-40H,5-38H2,1-4H3. The van der Waals surface area contributed by atoms with Crippen LogP contribution in [-0.2, 0) is 28.5 Å². The number of unbranched alkanes of at least 4 members (excludes halogenated alkanes) is 28. The molecule has 1 saturated heterocycles. The molecule has 0 aromatic rings. The maximum Gasteiger partial charge on any atom is 0.338 e. The van der Waals surface area contributed by atoms with E-state index in [1.54, 1.807) is 13.8 Å². The summed E-state index contributed by atoms with van der Waals surface area (Å²) in [5.74, 6) is -1.99. The fraction of sp³-hybridized carbons (Fsp3) is 0.953. The minimum Gasteiger partial charge on any atom is -0.464 e. The highest BCUT2D eigenvalue weighted by atomic mass is 16.8. The summed E-state index contributed by atoms with van der Waals surface area (Å²) >= 11 is 0. The molecule has 1 aliphatic heterocycles. The molecule has 6 nitrogen and oxygen atoms in total. The van der Waals surface area contributed by atoms with Gasteiger partial charge in [0.1, 0.15) is 0 Å². The summed E-state index contributed by atoms with van der Waals surface area (Å²) in [5.41, 5.74) is 0. The van der Waals surface area contributed by atoms with E-state index in [0.717, 1.165) is 25.7 Å². The maximum atomic E-state index is 12.8. The summed E-state index contributed by atoms with van der Waals surface area (Å²) in [5, 5.41) is 0. The van der Waals surface area contributed by atoms with Gasteiger partial charge in [-0.1, -0.05) is 194 Å². The van der Waals surface area contributed by atoms with Crippen molar-refractivity contribution in [3.8, 4) is 0 Å². The van der Waals surface area contributed by atoms with Crippen molar-refractivity contribution in [1.82, 2.24) is 0 Å². The highest BCUT2D eigenvalue weighted by molar-refractivity contribution is 5.86. The second kappa shape index (κ2) is 32.7. The summed E-state index contributed by atoms with van der Waals surface area (Å²) in [7, 11) is 0. The van der Waals surface area contributed by atoms with Crippen LogP contribution in [0.2, 0.25) is 0 Å². The van der Waals surface area contributed by atoms with Crippen LogP contribution in [-0.4, -0.2) is 43.1 Å². The van der Waals surface area contributed by atoms with Crippen LogP contribution >= 0.6 is 0 Å². The summed E-state index contributed by atoms with van der Waals surface area (Å²) in [4.78, 5) is 25.7. The number of ether oxygens (including phenoxy) is 4. The van der Waals surface area contributed by atoms with E-state index in [1.165, 1.54) is 167 Å². The topological polar surface area (TPSA) is 71.1 Å². The summed E-state index contributed by atoms with van der Waals surface area (Å²) in [6, 6.07) is 0. The monoisotopic (exact) mass is 695 g/mol. The van der Waals surface area contributed by atoms with Gasteiger partial charge in [-0.05, 0) is 26.7 Å². The van der Waals surface area contributed by atoms with Gasteiger partial charge >= 0.3 is 11.9 Å². The molecule has 2 unspecified atom stereocenters. The molecule has 0 aliphatic carbocycles. The number of esters is 2. The van der Waals surface area contributed by atoms with E-state index in [9.17, 15) is 9.59 Å². The maximum absolute atomic E-state index is 12.8.